The molecule has 0 radical (unpaired) electrons. The van der Waals surface area contributed by atoms with E-state index < -0.39 is 0 Å². The lowest BCUT2D eigenvalue weighted by Gasteiger charge is -2.09. The van der Waals surface area contributed by atoms with Gasteiger partial charge in [0, 0.05) is 23.9 Å². The first-order valence-electron chi connectivity index (χ1n) is 8.09. The van der Waals surface area contributed by atoms with Crippen molar-refractivity contribution in [3.05, 3.63) is 48.0 Å². The Morgan fingerprint density at radius 3 is 2.79 bits per heavy atom. The van der Waals surface area contributed by atoms with Crippen LogP contribution in [0.5, 0.6) is 0 Å². The zero-order valence-electron chi connectivity index (χ0n) is 13.4. The fourth-order valence-corrected chi connectivity index (χ4v) is 2.83. The zero-order valence-corrected chi connectivity index (χ0v) is 13.4. The van der Waals surface area contributed by atoms with Gasteiger partial charge in [0.2, 0.25) is 5.89 Å². The molecule has 1 fully saturated rings. The van der Waals surface area contributed by atoms with Gasteiger partial charge in [0.05, 0.1) is 0 Å². The first kappa shape index (κ1) is 14.9. The van der Waals surface area contributed by atoms with Crippen molar-refractivity contribution in [2.24, 2.45) is 0 Å². The number of aryl methyl sites for hydroxylation is 1. The van der Waals surface area contributed by atoms with E-state index in [4.69, 9.17) is 9.15 Å². The highest BCUT2D eigenvalue weighted by molar-refractivity contribution is 5.95. The molecular formula is C19H18N2O3. The molecule has 2 aromatic carbocycles. The van der Waals surface area contributed by atoms with E-state index >= 15 is 0 Å². The molecule has 1 aromatic heterocycles. The van der Waals surface area contributed by atoms with Gasteiger partial charge in [-0.05, 0) is 44.0 Å². The number of carbonyl (C=O) groups is 1. The summed E-state index contributed by atoms with van der Waals surface area (Å²) in [6.07, 6.45) is 1.35. The predicted molar refractivity (Wildman–Crippen MR) is 91.8 cm³/mol. The Morgan fingerprint density at radius 1 is 1.21 bits per heavy atom. The Morgan fingerprint density at radius 2 is 2.04 bits per heavy atom. The van der Waals surface area contributed by atoms with E-state index in [-0.39, 0.29) is 12.0 Å². The lowest BCUT2D eigenvalue weighted by Crippen LogP contribution is -2.26. The number of hydrogen-bond donors (Lipinski definition) is 1. The van der Waals surface area contributed by atoms with Crippen LogP contribution in [-0.4, -0.2) is 23.6 Å². The highest BCUT2D eigenvalue weighted by atomic mass is 16.5. The van der Waals surface area contributed by atoms with Crippen molar-refractivity contribution in [1.29, 1.82) is 0 Å². The molecule has 1 atom stereocenters. The van der Waals surface area contributed by atoms with E-state index in [1.165, 1.54) is 5.56 Å². The van der Waals surface area contributed by atoms with Gasteiger partial charge < -0.3 is 14.5 Å². The van der Waals surface area contributed by atoms with E-state index in [0.717, 1.165) is 23.9 Å². The first-order valence-corrected chi connectivity index (χ1v) is 8.09. The van der Waals surface area contributed by atoms with E-state index in [1.807, 2.05) is 43.3 Å². The summed E-state index contributed by atoms with van der Waals surface area (Å²) < 4.78 is 11.2. The van der Waals surface area contributed by atoms with E-state index in [1.54, 1.807) is 6.07 Å². The molecule has 4 rings (SSSR count). The SMILES string of the molecule is Cc1ccc(-c2nc3ccc(NC(=O)[C@@H]4CCCO4)cc3o2)cc1. The monoisotopic (exact) mass is 322 g/mol. The van der Waals surface area contributed by atoms with Crippen molar-refractivity contribution < 1.29 is 13.9 Å². The number of aromatic nitrogens is 1. The molecule has 0 bridgehead atoms. The van der Waals surface area contributed by atoms with E-state index in [9.17, 15) is 4.79 Å². The molecule has 0 spiro atoms. The van der Waals surface area contributed by atoms with Gasteiger partial charge in [0.1, 0.15) is 11.6 Å². The third kappa shape index (κ3) is 2.90. The van der Waals surface area contributed by atoms with Crippen molar-refractivity contribution in [2.45, 2.75) is 25.9 Å². The largest absolute Gasteiger partial charge is 0.436 e. The zero-order chi connectivity index (χ0) is 16.5. The van der Waals surface area contributed by atoms with Crippen LogP contribution in [0.2, 0.25) is 0 Å². The van der Waals surface area contributed by atoms with Gasteiger partial charge in [-0.1, -0.05) is 17.7 Å². The standard InChI is InChI=1S/C19H18N2O3/c1-12-4-6-13(7-5-12)19-21-15-9-8-14(11-17(15)24-19)20-18(22)16-3-2-10-23-16/h4-9,11,16H,2-3,10H2,1H3,(H,20,22)/t16-/m0/s1. The van der Waals surface area contributed by atoms with Gasteiger partial charge in [-0.3, -0.25) is 4.79 Å². The molecule has 5 heteroatoms. The molecule has 122 valence electrons. The lowest BCUT2D eigenvalue weighted by molar-refractivity contribution is -0.124. The van der Waals surface area contributed by atoms with Crippen molar-refractivity contribution in [1.82, 2.24) is 4.98 Å². The Bertz CT molecular complexity index is 877. The summed E-state index contributed by atoms with van der Waals surface area (Å²) in [6, 6.07) is 13.5. The van der Waals surface area contributed by atoms with Crippen LogP contribution in [0, 0.1) is 6.92 Å². The maximum absolute atomic E-state index is 12.1. The maximum Gasteiger partial charge on any atom is 0.253 e. The van der Waals surface area contributed by atoms with Crippen LogP contribution < -0.4 is 5.32 Å². The molecule has 0 unspecified atom stereocenters. The summed E-state index contributed by atoms with van der Waals surface area (Å²) in [5.74, 6) is 0.470. The predicted octanol–water partition coefficient (Wildman–Crippen LogP) is 3.92. The van der Waals surface area contributed by atoms with Gasteiger partial charge in [-0.15, -0.1) is 0 Å². The average Bonchev–Trinajstić information content (AvgIpc) is 3.24. The lowest BCUT2D eigenvalue weighted by atomic mass is 10.1. The van der Waals surface area contributed by atoms with Crippen molar-refractivity contribution >= 4 is 22.7 Å². The molecule has 3 aromatic rings. The molecule has 0 aliphatic carbocycles. The third-order valence-corrected chi connectivity index (χ3v) is 4.18. The van der Waals surface area contributed by atoms with Crippen LogP contribution in [0.4, 0.5) is 5.69 Å². The third-order valence-electron chi connectivity index (χ3n) is 4.18. The van der Waals surface area contributed by atoms with Crippen LogP contribution in [0.25, 0.3) is 22.6 Å². The summed E-state index contributed by atoms with van der Waals surface area (Å²) >= 11 is 0. The molecule has 0 saturated carbocycles. The number of hydrogen-bond acceptors (Lipinski definition) is 4. The van der Waals surface area contributed by atoms with E-state index in [2.05, 4.69) is 10.3 Å². The smallest absolute Gasteiger partial charge is 0.253 e. The minimum atomic E-state index is -0.349. The van der Waals surface area contributed by atoms with Crippen LogP contribution in [0.15, 0.2) is 46.9 Å². The maximum atomic E-state index is 12.1. The van der Waals surface area contributed by atoms with Crippen LogP contribution in [0.3, 0.4) is 0 Å². The van der Waals surface area contributed by atoms with Crippen molar-refractivity contribution in [3.8, 4) is 11.5 Å². The number of rotatable bonds is 3. The second-order valence-electron chi connectivity index (χ2n) is 6.06. The van der Waals surface area contributed by atoms with Gasteiger partial charge in [0.25, 0.3) is 5.91 Å². The summed E-state index contributed by atoms with van der Waals surface area (Å²) in [4.78, 5) is 16.6. The fourth-order valence-electron chi connectivity index (χ4n) is 2.83. The topological polar surface area (TPSA) is 64.4 Å². The number of nitrogens with zero attached hydrogens (tertiary/aromatic N) is 1. The van der Waals surface area contributed by atoms with Gasteiger partial charge in [0.15, 0.2) is 5.58 Å². The summed E-state index contributed by atoms with van der Waals surface area (Å²) in [5.41, 5.74) is 4.22. The minimum absolute atomic E-state index is 0.106. The number of carbonyl (C=O) groups excluding carboxylic acids is 1. The number of fused-ring (bicyclic) bond motifs is 1. The summed E-state index contributed by atoms with van der Waals surface area (Å²) in [7, 11) is 0. The van der Waals surface area contributed by atoms with Crippen molar-refractivity contribution in [3.63, 3.8) is 0 Å². The second-order valence-corrected chi connectivity index (χ2v) is 6.06. The number of nitrogens with one attached hydrogen (secondary N) is 1. The average molecular weight is 322 g/mol. The molecule has 5 nitrogen and oxygen atoms in total. The molecule has 1 amide bonds. The fraction of sp³-hybridized carbons (Fsp3) is 0.263. The van der Waals surface area contributed by atoms with Crippen LogP contribution >= 0.6 is 0 Å². The van der Waals surface area contributed by atoms with Crippen molar-refractivity contribution in [2.75, 3.05) is 11.9 Å². The highest BCUT2D eigenvalue weighted by Crippen LogP contribution is 2.27. The Kier molecular flexibility index (Phi) is 3.78. The number of benzene rings is 2. The molecular weight excluding hydrogens is 304 g/mol. The molecule has 1 aliphatic heterocycles. The highest BCUT2D eigenvalue weighted by Gasteiger charge is 2.23. The molecule has 1 saturated heterocycles. The second kappa shape index (κ2) is 6.09. The number of anilines is 1. The normalized spacial score (nSPS) is 17.3. The number of amides is 1. The van der Waals surface area contributed by atoms with Gasteiger partial charge in [-0.2, -0.15) is 0 Å². The quantitative estimate of drug-likeness (QED) is 0.794. The Hall–Kier alpha value is -2.66. The molecule has 2 heterocycles. The van der Waals surface area contributed by atoms with Gasteiger partial charge in [-0.25, -0.2) is 4.98 Å². The Balaban J connectivity index is 1.58. The summed E-state index contributed by atoms with van der Waals surface area (Å²) in [6.45, 7) is 2.69. The van der Waals surface area contributed by atoms with Crippen LogP contribution in [-0.2, 0) is 9.53 Å². The molecule has 24 heavy (non-hydrogen) atoms. The summed E-state index contributed by atoms with van der Waals surface area (Å²) in [5, 5.41) is 2.88. The number of ether oxygens (including phenoxy) is 1. The first-order chi connectivity index (χ1) is 11.7. The number of oxazole rings is 1. The Labute approximate surface area is 139 Å². The van der Waals surface area contributed by atoms with Gasteiger partial charge >= 0.3 is 0 Å². The molecule has 1 N–H and O–H groups in total. The molecule has 1 aliphatic rings. The van der Waals surface area contributed by atoms with Crippen LogP contribution in [0.1, 0.15) is 18.4 Å². The minimum Gasteiger partial charge on any atom is -0.436 e. The van der Waals surface area contributed by atoms with E-state index in [0.29, 0.717) is 23.8 Å².